The van der Waals surface area contributed by atoms with E-state index in [0.717, 1.165) is 0 Å². The summed E-state index contributed by atoms with van der Waals surface area (Å²) in [7, 11) is 0. The second-order valence-electron chi connectivity index (χ2n) is 0.783. The van der Waals surface area contributed by atoms with E-state index < -0.39 is 0 Å². The zero-order valence-corrected chi connectivity index (χ0v) is 3.79. The second-order valence-corrected chi connectivity index (χ2v) is 1.44. The lowest BCUT2D eigenvalue weighted by atomic mass is 10.8. The van der Waals surface area contributed by atoms with Gasteiger partial charge in [0.15, 0.2) is 0 Å². The summed E-state index contributed by atoms with van der Waals surface area (Å²) in [5, 5.41) is 0. The number of hydrogen-bond donors (Lipinski definition) is 2. The number of hydrazine groups is 1. The minimum atomic E-state index is -0.116. The topological polar surface area (TPSA) is 38.0 Å². The highest BCUT2D eigenvalue weighted by atomic mass is 35.5. The summed E-state index contributed by atoms with van der Waals surface area (Å²) < 4.78 is 0. The van der Waals surface area contributed by atoms with Gasteiger partial charge in [0.25, 0.3) is 0 Å². The van der Waals surface area contributed by atoms with Crippen LogP contribution in [0.4, 0.5) is 0 Å². The average Bonchev–Trinajstić information content (AvgIpc) is 1.38. The predicted molar refractivity (Wildman–Crippen MR) is 22.6 cm³/mol. The molecule has 0 bridgehead atoms. The van der Waals surface area contributed by atoms with Crippen molar-refractivity contribution < 1.29 is 0 Å². The van der Waals surface area contributed by atoms with Gasteiger partial charge in [-0.05, 0) is 6.92 Å². The molecule has 0 aliphatic heterocycles. The molecule has 5 heavy (non-hydrogen) atoms. The van der Waals surface area contributed by atoms with Crippen molar-refractivity contribution in [3.05, 3.63) is 0 Å². The van der Waals surface area contributed by atoms with Crippen LogP contribution >= 0.6 is 11.6 Å². The number of alkyl halides is 1. The molecule has 0 aliphatic rings. The van der Waals surface area contributed by atoms with Crippen molar-refractivity contribution in [3.8, 4) is 0 Å². The summed E-state index contributed by atoms with van der Waals surface area (Å²) in [6.07, 6.45) is 0. The average molecular weight is 94.5 g/mol. The van der Waals surface area contributed by atoms with Crippen LogP contribution in [0.1, 0.15) is 6.92 Å². The molecule has 0 aromatic rings. The van der Waals surface area contributed by atoms with Crippen LogP contribution in [0.2, 0.25) is 0 Å². The molecule has 0 saturated heterocycles. The van der Waals surface area contributed by atoms with Crippen LogP contribution in [-0.2, 0) is 0 Å². The number of nitrogens with two attached hydrogens (primary N) is 1. The van der Waals surface area contributed by atoms with E-state index in [4.69, 9.17) is 17.4 Å². The summed E-state index contributed by atoms with van der Waals surface area (Å²) >= 11 is 5.23. The molecule has 32 valence electrons. The van der Waals surface area contributed by atoms with E-state index in [9.17, 15) is 0 Å². The zero-order chi connectivity index (χ0) is 4.28. The molecule has 0 heterocycles. The molecule has 2 nitrogen and oxygen atoms in total. The van der Waals surface area contributed by atoms with Gasteiger partial charge in [0.05, 0.1) is 5.50 Å². The van der Waals surface area contributed by atoms with Gasteiger partial charge in [0, 0.05) is 0 Å². The molecule has 1 unspecified atom stereocenters. The Morgan fingerprint density at radius 1 is 2.00 bits per heavy atom. The third kappa shape index (κ3) is 4.21. The molecule has 0 aliphatic carbocycles. The maximum absolute atomic E-state index is 5.23. The van der Waals surface area contributed by atoms with Crippen LogP contribution in [0.3, 0.4) is 0 Å². The highest BCUT2D eigenvalue weighted by Gasteiger charge is 1.80. The van der Waals surface area contributed by atoms with Gasteiger partial charge in [0.1, 0.15) is 0 Å². The molecule has 0 radical (unpaired) electrons. The van der Waals surface area contributed by atoms with Gasteiger partial charge in [0.2, 0.25) is 0 Å². The molecule has 0 saturated carbocycles. The van der Waals surface area contributed by atoms with Gasteiger partial charge in [-0.25, -0.2) is 5.43 Å². The lowest BCUT2D eigenvalue weighted by Gasteiger charge is -1.92. The van der Waals surface area contributed by atoms with E-state index in [1.54, 1.807) is 6.92 Å². The Kier molecular flexibility index (Phi) is 2.55. The van der Waals surface area contributed by atoms with Gasteiger partial charge < -0.3 is 0 Å². The molecule has 0 aromatic heterocycles. The van der Waals surface area contributed by atoms with E-state index in [1.165, 1.54) is 0 Å². The Labute approximate surface area is 36.3 Å². The first-order chi connectivity index (χ1) is 2.27. The maximum atomic E-state index is 5.23. The molecule has 0 spiro atoms. The third-order valence-corrected chi connectivity index (χ3v) is 0.356. The van der Waals surface area contributed by atoms with Crippen LogP contribution in [0.25, 0.3) is 0 Å². The summed E-state index contributed by atoms with van der Waals surface area (Å²) in [5.74, 6) is 4.79. The van der Waals surface area contributed by atoms with Crippen LogP contribution in [0, 0.1) is 0 Å². The number of halogens is 1. The van der Waals surface area contributed by atoms with Crippen molar-refractivity contribution in [1.82, 2.24) is 5.43 Å². The Morgan fingerprint density at radius 2 is 2.20 bits per heavy atom. The Bertz CT molecular complexity index is 21.6. The molecule has 0 amide bonds. The highest BCUT2D eigenvalue weighted by Crippen LogP contribution is 1.79. The van der Waals surface area contributed by atoms with Crippen LogP contribution < -0.4 is 11.3 Å². The molecule has 3 N–H and O–H groups in total. The first-order valence-electron chi connectivity index (χ1n) is 1.37. The van der Waals surface area contributed by atoms with Gasteiger partial charge >= 0.3 is 0 Å². The van der Waals surface area contributed by atoms with Crippen molar-refractivity contribution in [2.75, 3.05) is 0 Å². The molecule has 0 fully saturated rings. The monoisotopic (exact) mass is 94.0 g/mol. The summed E-state index contributed by atoms with van der Waals surface area (Å²) in [5.41, 5.74) is 2.18. The Balaban J connectivity index is 2.54. The van der Waals surface area contributed by atoms with Crippen LogP contribution in [0.5, 0.6) is 0 Å². The fourth-order valence-electron chi connectivity index (χ4n) is 0. The van der Waals surface area contributed by atoms with E-state index >= 15 is 0 Å². The molecule has 0 aromatic carbocycles. The first kappa shape index (κ1) is 5.21. The molecular formula is C2H7ClN2. The molecular weight excluding hydrogens is 87.5 g/mol. The van der Waals surface area contributed by atoms with Crippen molar-refractivity contribution in [3.63, 3.8) is 0 Å². The van der Waals surface area contributed by atoms with E-state index in [1.807, 2.05) is 0 Å². The first-order valence-corrected chi connectivity index (χ1v) is 1.81. The summed E-state index contributed by atoms with van der Waals surface area (Å²) in [6, 6.07) is 0. The predicted octanol–water partition coefficient (Wildman–Crippen LogP) is 0.0345. The highest BCUT2D eigenvalue weighted by molar-refractivity contribution is 6.20. The van der Waals surface area contributed by atoms with Gasteiger partial charge in [-0.1, -0.05) is 0 Å². The fourth-order valence-corrected chi connectivity index (χ4v) is 0. The summed E-state index contributed by atoms with van der Waals surface area (Å²) in [4.78, 5) is 0. The Hall–Kier alpha value is 0.210. The Morgan fingerprint density at radius 3 is 2.20 bits per heavy atom. The number of hydrogen-bond acceptors (Lipinski definition) is 2. The SMILES string of the molecule is CC(Cl)NN. The lowest BCUT2D eigenvalue weighted by Crippen LogP contribution is -2.27. The largest absolute Gasteiger partial charge is 0.270 e. The third-order valence-electron chi connectivity index (χ3n) is 0.230. The number of rotatable bonds is 1. The van der Waals surface area contributed by atoms with Crippen LogP contribution in [0.15, 0.2) is 0 Å². The van der Waals surface area contributed by atoms with Gasteiger partial charge in [-0.2, -0.15) is 0 Å². The smallest absolute Gasteiger partial charge is 0.0921 e. The fraction of sp³-hybridized carbons (Fsp3) is 1.00. The summed E-state index contributed by atoms with van der Waals surface area (Å²) in [6.45, 7) is 1.75. The van der Waals surface area contributed by atoms with Crippen molar-refractivity contribution in [1.29, 1.82) is 0 Å². The van der Waals surface area contributed by atoms with Gasteiger partial charge in [-0.15, -0.1) is 11.6 Å². The molecule has 1 atom stereocenters. The van der Waals surface area contributed by atoms with E-state index in [0.29, 0.717) is 0 Å². The minimum Gasteiger partial charge on any atom is -0.270 e. The standard InChI is InChI=1S/C2H7ClN2/c1-2(3)5-4/h2,5H,4H2,1H3. The van der Waals surface area contributed by atoms with Crippen molar-refractivity contribution in [2.24, 2.45) is 5.84 Å². The van der Waals surface area contributed by atoms with E-state index in [2.05, 4.69) is 5.43 Å². The normalized spacial score (nSPS) is 15.0. The zero-order valence-electron chi connectivity index (χ0n) is 3.03. The number of nitrogens with one attached hydrogen (secondary N) is 1. The lowest BCUT2D eigenvalue weighted by molar-refractivity contribution is 0.724. The molecule has 0 rings (SSSR count). The van der Waals surface area contributed by atoms with Gasteiger partial charge in [-0.3, -0.25) is 5.84 Å². The minimum absolute atomic E-state index is 0.116. The molecule has 3 heteroatoms. The van der Waals surface area contributed by atoms with E-state index in [-0.39, 0.29) is 5.50 Å². The van der Waals surface area contributed by atoms with Crippen LogP contribution in [-0.4, -0.2) is 5.50 Å². The quantitative estimate of drug-likeness (QED) is 0.208. The second kappa shape index (κ2) is 2.45. The maximum Gasteiger partial charge on any atom is 0.0921 e. The van der Waals surface area contributed by atoms with Crippen molar-refractivity contribution in [2.45, 2.75) is 12.4 Å². The van der Waals surface area contributed by atoms with Crippen molar-refractivity contribution >= 4 is 11.6 Å².